The fourth-order valence-electron chi connectivity index (χ4n) is 5.62. The Morgan fingerprint density at radius 3 is 0.346 bits per heavy atom. The summed E-state index contributed by atoms with van der Waals surface area (Å²) in [5.41, 5.74) is 5.35. The predicted octanol–water partition coefficient (Wildman–Crippen LogP) is -0.165. The van der Waals surface area contributed by atoms with E-state index in [0.29, 0.717) is 330 Å². The zero-order valence-electron chi connectivity index (χ0n) is 48.9. The number of carboxylic acids is 1. The summed E-state index contributed by atoms with van der Waals surface area (Å²) in [7, 11) is 0. The van der Waals surface area contributed by atoms with Crippen LogP contribution in [-0.2, 0) is 123 Å². The Labute approximate surface area is 482 Å². The number of hydrogen-bond acceptors (Lipinski definition) is 27. The summed E-state index contributed by atoms with van der Waals surface area (Å²) < 4.78 is 136. The van der Waals surface area contributed by atoms with Crippen molar-refractivity contribution in [2.75, 3.05) is 337 Å². The van der Waals surface area contributed by atoms with Crippen LogP contribution in [0.5, 0.6) is 0 Å². The van der Waals surface area contributed by atoms with Crippen LogP contribution in [0.4, 0.5) is 0 Å². The average Bonchev–Trinajstić information content (AvgIpc) is 3.47. The smallest absolute Gasteiger partial charge is 0.305 e. The van der Waals surface area contributed by atoms with Gasteiger partial charge in [0.2, 0.25) is 0 Å². The largest absolute Gasteiger partial charge is 0.481 e. The number of nitrogens with two attached hydrogens (primary N) is 1. The van der Waals surface area contributed by atoms with E-state index in [1.54, 1.807) is 0 Å². The van der Waals surface area contributed by atoms with Gasteiger partial charge < -0.3 is 129 Å². The molecule has 0 aromatic heterocycles. The van der Waals surface area contributed by atoms with Crippen molar-refractivity contribution in [2.24, 2.45) is 5.73 Å². The van der Waals surface area contributed by atoms with Crippen LogP contribution in [0.25, 0.3) is 0 Å². The first-order valence-corrected chi connectivity index (χ1v) is 28.6. The third-order valence-electron chi connectivity index (χ3n) is 9.65. The third kappa shape index (κ3) is 78.4. The molecule has 0 radical (unpaired) electrons. The van der Waals surface area contributed by atoms with Crippen LogP contribution in [0.1, 0.15) is 6.42 Å². The van der Waals surface area contributed by atoms with Crippen molar-refractivity contribution in [2.45, 2.75) is 6.42 Å². The number of aliphatic carboxylic acids is 1. The van der Waals surface area contributed by atoms with Gasteiger partial charge in [0, 0.05) is 6.54 Å². The fourth-order valence-corrected chi connectivity index (χ4v) is 5.62. The molecule has 0 fully saturated rings. The lowest BCUT2D eigenvalue weighted by molar-refractivity contribution is -0.138. The third-order valence-corrected chi connectivity index (χ3v) is 9.65. The van der Waals surface area contributed by atoms with Crippen molar-refractivity contribution < 1.29 is 128 Å². The van der Waals surface area contributed by atoms with E-state index in [4.69, 9.17) is 129 Å². The zero-order chi connectivity index (χ0) is 58.0. The van der Waals surface area contributed by atoms with Gasteiger partial charge in [-0.05, 0) is 0 Å². The summed E-state index contributed by atoms with van der Waals surface area (Å²) in [6.07, 6.45) is -0.0100. The molecule has 0 aliphatic rings. The summed E-state index contributed by atoms with van der Waals surface area (Å²) in [6, 6.07) is 0. The second-order valence-corrected chi connectivity index (χ2v) is 16.2. The van der Waals surface area contributed by atoms with Crippen molar-refractivity contribution in [3.05, 3.63) is 0 Å². The quantitative estimate of drug-likeness (QED) is 0.0748. The van der Waals surface area contributed by atoms with E-state index >= 15 is 0 Å². The lowest BCUT2D eigenvalue weighted by Gasteiger charge is -2.09. The van der Waals surface area contributed by atoms with Gasteiger partial charge in [0.05, 0.1) is 337 Å². The van der Waals surface area contributed by atoms with E-state index in [-0.39, 0.29) is 13.0 Å². The molecule has 0 unspecified atom stereocenters. The van der Waals surface area contributed by atoms with Crippen LogP contribution in [-0.4, -0.2) is 348 Å². The first-order valence-electron chi connectivity index (χ1n) is 28.6. The van der Waals surface area contributed by atoms with Crippen LogP contribution >= 0.6 is 0 Å². The highest BCUT2D eigenvalue weighted by Crippen LogP contribution is 1.92. The highest BCUT2D eigenvalue weighted by atomic mass is 16.6. The molecule has 81 heavy (non-hydrogen) atoms. The van der Waals surface area contributed by atoms with Gasteiger partial charge in [0.1, 0.15) is 0 Å². The Kier molecular flexibility index (Phi) is 75.0. The van der Waals surface area contributed by atoms with Gasteiger partial charge >= 0.3 is 5.97 Å². The maximum atomic E-state index is 10.4. The minimum absolute atomic E-state index is 0.0100. The standard InChI is InChI=1S/C53H107NO27/c54-2-4-58-6-8-60-10-12-62-14-16-64-18-20-66-22-24-68-26-28-70-30-32-72-34-36-74-38-40-76-42-44-78-46-48-80-50-52-81-51-49-79-47-45-77-43-41-75-39-37-73-35-33-71-31-29-69-27-25-67-23-21-65-19-17-63-15-13-61-11-9-59-7-5-57-3-1-53(55)56/h1-52,54H2,(H,55,56). The SMILES string of the molecule is NCCOCCOCCOCCOCCOCCOCCOCCOCCOCCOCCOCCOCCOCCOCCOCCOCCOCCOCCOCCOCCOCCOCCOCCOCCOCCC(=O)O. The number of carboxylic acid groups (broad SMARTS) is 1. The Balaban J connectivity index is 3.08. The highest BCUT2D eigenvalue weighted by Gasteiger charge is 2.01. The van der Waals surface area contributed by atoms with Crippen LogP contribution in [0.3, 0.4) is 0 Å². The molecule has 0 aromatic rings. The van der Waals surface area contributed by atoms with Gasteiger partial charge in [0.25, 0.3) is 0 Å². The highest BCUT2D eigenvalue weighted by molar-refractivity contribution is 5.66. The second-order valence-electron chi connectivity index (χ2n) is 16.2. The molecular weight excluding hydrogens is 1080 g/mol. The number of rotatable bonds is 77. The summed E-state index contributed by atoms with van der Waals surface area (Å²) in [5, 5.41) is 8.52. The first-order chi connectivity index (χ1) is 40.3. The number of ether oxygens (including phenoxy) is 25. The van der Waals surface area contributed by atoms with Crippen LogP contribution < -0.4 is 5.73 Å². The molecular formula is C53H107NO27. The monoisotopic (exact) mass is 1190 g/mol. The lowest BCUT2D eigenvalue weighted by Crippen LogP contribution is -2.16. The maximum absolute atomic E-state index is 10.4. The van der Waals surface area contributed by atoms with Crippen molar-refractivity contribution in [3.63, 3.8) is 0 Å². The van der Waals surface area contributed by atoms with E-state index in [2.05, 4.69) is 0 Å². The normalized spacial score (nSPS) is 11.7. The Morgan fingerprint density at radius 2 is 0.259 bits per heavy atom. The Morgan fingerprint density at radius 1 is 0.173 bits per heavy atom. The molecule has 0 aromatic carbocycles. The zero-order valence-corrected chi connectivity index (χ0v) is 48.9. The lowest BCUT2D eigenvalue weighted by atomic mass is 10.5. The molecule has 0 bridgehead atoms. The molecule has 0 aliphatic carbocycles. The van der Waals surface area contributed by atoms with Crippen molar-refractivity contribution in [1.82, 2.24) is 0 Å². The van der Waals surface area contributed by atoms with Crippen molar-refractivity contribution >= 4 is 5.97 Å². The predicted molar refractivity (Wildman–Crippen MR) is 292 cm³/mol. The van der Waals surface area contributed by atoms with Gasteiger partial charge in [0.15, 0.2) is 0 Å². The molecule has 3 N–H and O–H groups in total. The molecule has 0 saturated carbocycles. The Bertz CT molecular complexity index is 1140. The minimum Gasteiger partial charge on any atom is -0.481 e. The topological polar surface area (TPSA) is 294 Å². The summed E-state index contributed by atoms with van der Waals surface area (Å²) in [5.74, 6) is -0.880. The number of carbonyl (C=O) groups is 1. The summed E-state index contributed by atoms with van der Waals surface area (Å²) in [6.45, 7) is 24.3. The maximum Gasteiger partial charge on any atom is 0.305 e. The van der Waals surface area contributed by atoms with E-state index in [1.165, 1.54) is 0 Å². The molecule has 0 amide bonds. The van der Waals surface area contributed by atoms with E-state index < -0.39 is 5.97 Å². The van der Waals surface area contributed by atoms with Crippen LogP contribution in [0.15, 0.2) is 0 Å². The molecule has 0 atom stereocenters. The van der Waals surface area contributed by atoms with Gasteiger partial charge in [-0.1, -0.05) is 0 Å². The minimum atomic E-state index is -0.880. The summed E-state index contributed by atoms with van der Waals surface area (Å²) >= 11 is 0. The van der Waals surface area contributed by atoms with Gasteiger partial charge in [-0.15, -0.1) is 0 Å². The first kappa shape index (κ1) is 79.4. The van der Waals surface area contributed by atoms with Crippen molar-refractivity contribution in [3.8, 4) is 0 Å². The Hall–Kier alpha value is -1.57. The molecule has 0 saturated heterocycles. The molecule has 0 aliphatic heterocycles. The molecule has 0 spiro atoms. The summed E-state index contributed by atoms with van der Waals surface area (Å²) in [4.78, 5) is 10.4. The van der Waals surface area contributed by atoms with E-state index in [0.717, 1.165) is 0 Å². The van der Waals surface area contributed by atoms with Gasteiger partial charge in [-0.25, -0.2) is 0 Å². The molecule has 28 nitrogen and oxygen atoms in total. The van der Waals surface area contributed by atoms with Crippen LogP contribution in [0.2, 0.25) is 0 Å². The fraction of sp³-hybridized carbons (Fsp3) is 0.981. The van der Waals surface area contributed by atoms with Crippen molar-refractivity contribution in [1.29, 1.82) is 0 Å². The second kappa shape index (κ2) is 76.4. The molecule has 0 heterocycles. The van der Waals surface area contributed by atoms with Crippen LogP contribution in [0, 0.1) is 0 Å². The molecule has 486 valence electrons. The van der Waals surface area contributed by atoms with Gasteiger partial charge in [-0.2, -0.15) is 0 Å². The van der Waals surface area contributed by atoms with E-state index in [1.807, 2.05) is 0 Å². The molecule has 28 heteroatoms. The average molecular weight is 1190 g/mol. The number of hydrogen-bond donors (Lipinski definition) is 2. The van der Waals surface area contributed by atoms with Gasteiger partial charge in [-0.3, -0.25) is 4.79 Å². The molecule has 0 rings (SSSR count). The van der Waals surface area contributed by atoms with E-state index in [9.17, 15) is 4.79 Å².